The van der Waals surface area contributed by atoms with E-state index in [1.165, 1.54) is 4.88 Å². The number of morpholine rings is 1. The summed E-state index contributed by atoms with van der Waals surface area (Å²) >= 11 is 1.73. The minimum absolute atomic E-state index is 0. The van der Waals surface area contributed by atoms with Crippen LogP contribution in [0.3, 0.4) is 0 Å². The fourth-order valence-electron chi connectivity index (χ4n) is 2.20. The van der Waals surface area contributed by atoms with Crippen LogP contribution in [0.4, 0.5) is 0 Å². The van der Waals surface area contributed by atoms with Crippen LogP contribution in [0.15, 0.2) is 17.5 Å². The molecule has 0 bridgehead atoms. The Balaban J connectivity index is 0.00000200. The number of amides is 1. The number of carbonyl (C=O) groups is 1. The van der Waals surface area contributed by atoms with Crippen LogP contribution in [0.2, 0.25) is 0 Å². The van der Waals surface area contributed by atoms with Crippen molar-refractivity contribution in [3.05, 3.63) is 22.4 Å². The second kappa shape index (κ2) is 7.41. The van der Waals surface area contributed by atoms with E-state index < -0.39 is 0 Å². The number of carbonyl (C=O) groups excluding carboxylic acids is 1. The van der Waals surface area contributed by atoms with E-state index in [-0.39, 0.29) is 35.9 Å². The molecule has 1 aliphatic heterocycles. The van der Waals surface area contributed by atoms with Crippen molar-refractivity contribution in [1.82, 2.24) is 10.6 Å². The van der Waals surface area contributed by atoms with E-state index in [1.807, 2.05) is 13.0 Å². The van der Waals surface area contributed by atoms with Crippen molar-refractivity contribution in [2.24, 2.45) is 0 Å². The van der Waals surface area contributed by atoms with E-state index in [1.54, 1.807) is 11.3 Å². The smallest absolute Gasteiger partial charge is 0.239 e. The minimum Gasteiger partial charge on any atom is -0.375 e. The van der Waals surface area contributed by atoms with Gasteiger partial charge in [-0.2, -0.15) is 0 Å². The lowest BCUT2D eigenvalue weighted by Crippen LogP contribution is -2.56. The lowest BCUT2D eigenvalue weighted by atomic mass is 9.91. The van der Waals surface area contributed by atoms with Gasteiger partial charge in [-0.15, -0.1) is 23.7 Å². The number of thiophene rings is 1. The predicted octanol–water partition coefficient (Wildman–Crippen LogP) is 1.94. The van der Waals surface area contributed by atoms with Crippen molar-refractivity contribution in [3.8, 4) is 0 Å². The molecule has 0 unspecified atom stereocenters. The summed E-state index contributed by atoms with van der Waals surface area (Å²) in [7, 11) is 0. The third-order valence-electron chi connectivity index (χ3n) is 3.49. The SMILES string of the molecule is C[C@H]1OCCN[C@@H]1C(=O)NCC(C)(C)c1cccs1.Cl. The van der Waals surface area contributed by atoms with Gasteiger partial charge in [0.05, 0.1) is 12.7 Å². The summed E-state index contributed by atoms with van der Waals surface area (Å²) in [6.45, 7) is 8.27. The summed E-state index contributed by atoms with van der Waals surface area (Å²) in [5.74, 6) is 0.0248. The van der Waals surface area contributed by atoms with E-state index in [9.17, 15) is 4.79 Å². The first-order valence-corrected chi connectivity index (χ1v) is 7.55. The third-order valence-corrected chi connectivity index (χ3v) is 4.73. The molecular formula is C14H23ClN2O2S. The van der Waals surface area contributed by atoms with Gasteiger partial charge in [0.25, 0.3) is 0 Å². The van der Waals surface area contributed by atoms with Gasteiger partial charge < -0.3 is 15.4 Å². The van der Waals surface area contributed by atoms with Crippen molar-refractivity contribution < 1.29 is 9.53 Å². The summed E-state index contributed by atoms with van der Waals surface area (Å²) in [4.78, 5) is 13.5. The van der Waals surface area contributed by atoms with E-state index in [2.05, 4.69) is 35.9 Å². The summed E-state index contributed by atoms with van der Waals surface area (Å²) < 4.78 is 5.49. The zero-order valence-corrected chi connectivity index (χ0v) is 13.8. The Morgan fingerprint density at radius 2 is 2.35 bits per heavy atom. The molecule has 6 heteroatoms. The number of halogens is 1. The molecule has 114 valence electrons. The maximum Gasteiger partial charge on any atom is 0.239 e. The van der Waals surface area contributed by atoms with Crippen LogP contribution in [-0.4, -0.2) is 37.7 Å². The van der Waals surface area contributed by atoms with Crippen LogP contribution in [0.5, 0.6) is 0 Å². The molecule has 1 saturated heterocycles. The molecule has 2 rings (SSSR count). The van der Waals surface area contributed by atoms with E-state index >= 15 is 0 Å². The molecule has 0 spiro atoms. The summed E-state index contributed by atoms with van der Waals surface area (Å²) in [5, 5.41) is 8.31. The van der Waals surface area contributed by atoms with Gasteiger partial charge in [0.2, 0.25) is 5.91 Å². The Morgan fingerprint density at radius 3 is 2.95 bits per heavy atom. The van der Waals surface area contributed by atoms with Gasteiger partial charge in [-0.25, -0.2) is 0 Å². The molecular weight excluding hydrogens is 296 g/mol. The van der Waals surface area contributed by atoms with E-state index in [0.717, 1.165) is 6.54 Å². The zero-order valence-electron chi connectivity index (χ0n) is 12.1. The molecule has 1 amide bonds. The Kier molecular flexibility index (Phi) is 6.45. The van der Waals surface area contributed by atoms with Crippen molar-refractivity contribution >= 4 is 29.7 Å². The molecule has 2 N–H and O–H groups in total. The van der Waals surface area contributed by atoms with Crippen LogP contribution in [0, 0.1) is 0 Å². The highest BCUT2D eigenvalue weighted by molar-refractivity contribution is 7.10. The quantitative estimate of drug-likeness (QED) is 0.892. The van der Waals surface area contributed by atoms with Crippen molar-refractivity contribution in [3.63, 3.8) is 0 Å². The van der Waals surface area contributed by atoms with Crippen LogP contribution in [-0.2, 0) is 14.9 Å². The average molecular weight is 319 g/mol. The predicted molar refractivity (Wildman–Crippen MR) is 84.8 cm³/mol. The minimum atomic E-state index is -0.243. The topological polar surface area (TPSA) is 50.4 Å². The molecule has 0 aliphatic carbocycles. The van der Waals surface area contributed by atoms with E-state index in [0.29, 0.717) is 13.2 Å². The summed E-state index contributed by atoms with van der Waals surface area (Å²) in [6.07, 6.45) is -0.0707. The van der Waals surface area contributed by atoms with Gasteiger partial charge in [0, 0.05) is 23.4 Å². The summed E-state index contributed by atoms with van der Waals surface area (Å²) in [6, 6.07) is 3.91. The summed E-state index contributed by atoms with van der Waals surface area (Å²) in [5.41, 5.74) is -0.0391. The van der Waals surface area contributed by atoms with Crippen LogP contribution in [0.25, 0.3) is 0 Å². The van der Waals surface area contributed by atoms with Crippen LogP contribution in [0.1, 0.15) is 25.6 Å². The molecule has 1 aromatic heterocycles. The third kappa shape index (κ3) is 4.19. The zero-order chi connectivity index (χ0) is 13.9. The fourth-order valence-corrected chi connectivity index (χ4v) is 3.05. The van der Waals surface area contributed by atoms with Crippen molar-refractivity contribution in [2.45, 2.75) is 38.3 Å². The van der Waals surface area contributed by atoms with Gasteiger partial charge in [-0.3, -0.25) is 4.79 Å². The molecule has 20 heavy (non-hydrogen) atoms. The molecule has 1 fully saturated rings. The number of nitrogens with one attached hydrogen (secondary N) is 2. The normalized spacial score (nSPS) is 22.9. The maximum absolute atomic E-state index is 12.2. The maximum atomic E-state index is 12.2. The second-order valence-electron chi connectivity index (χ2n) is 5.59. The van der Waals surface area contributed by atoms with Gasteiger partial charge >= 0.3 is 0 Å². The Labute approximate surface area is 130 Å². The number of hydrogen-bond acceptors (Lipinski definition) is 4. The number of rotatable bonds is 4. The molecule has 0 radical (unpaired) electrons. The molecule has 4 nitrogen and oxygen atoms in total. The Bertz CT molecular complexity index is 423. The largest absolute Gasteiger partial charge is 0.375 e. The molecule has 0 saturated carbocycles. The Morgan fingerprint density at radius 1 is 1.60 bits per heavy atom. The fraction of sp³-hybridized carbons (Fsp3) is 0.643. The molecule has 2 atom stereocenters. The van der Waals surface area contributed by atoms with Gasteiger partial charge in [-0.05, 0) is 18.4 Å². The molecule has 1 aliphatic rings. The first-order valence-electron chi connectivity index (χ1n) is 6.67. The highest BCUT2D eigenvalue weighted by atomic mass is 35.5. The highest BCUT2D eigenvalue weighted by Crippen LogP contribution is 2.26. The molecule has 0 aromatic carbocycles. The van der Waals surface area contributed by atoms with E-state index in [4.69, 9.17) is 4.74 Å². The average Bonchev–Trinajstić information content (AvgIpc) is 2.91. The first kappa shape index (κ1) is 17.4. The Hall–Kier alpha value is -0.620. The molecule has 1 aromatic rings. The first-order chi connectivity index (χ1) is 9.00. The van der Waals surface area contributed by atoms with Gasteiger partial charge in [0.15, 0.2) is 0 Å². The number of ether oxygens (including phenoxy) is 1. The monoisotopic (exact) mass is 318 g/mol. The lowest BCUT2D eigenvalue weighted by Gasteiger charge is -2.31. The van der Waals surface area contributed by atoms with Gasteiger partial charge in [-0.1, -0.05) is 19.9 Å². The van der Waals surface area contributed by atoms with Crippen LogP contribution < -0.4 is 10.6 Å². The van der Waals surface area contributed by atoms with Crippen molar-refractivity contribution in [2.75, 3.05) is 19.7 Å². The highest BCUT2D eigenvalue weighted by Gasteiger charge is 2.30. The van der Waals surface area contributed by atoms with Crippen LogP contribution >= 0.6 is 23.7 Å². The molecule has 2 heterocycles. The number of hydrogen-bond donors (Lipinski definition) is 2. The standard InChI is InChI=1S/C14H22N2O2S.ClH/c1-10-12(15-6-7-18-10)13(17)16-9-14(2,3)11-5-4-8-19-11;/h4-5,8,10,12,15H,6-7,9H2,1-3H3,(H,16,17);1H/t10-,12+;/m1./s1. The lowest BCUT2D eigenvalue weighted by molar-refractivity contribution is -0.129. The van der Waals surface area contributed by atoms with Gasteiger partial charge in [0.1, 0.15) is 6.04 Å². The second-order valence-corrected chi connectivity index (χ2v) is 6.53. The van der Waals surface area contributed by atoms with Crippen molar-refractivity contribution in [1.29, 1.82) is 0 Å².